The number of rotatable bonds is 3. The topological polar surface area (TPSA) is 47.0 Å². The molecule has 0 saturated heterocycles. The van der Waals surface area contributed by atoms with Crippen molar-refractivity contribution in [1.82, 2.24) is 9.97 Å². The molecule has 1 N–H and O–H groups in total. The predicted octanol–water partition coefficient (Wildman–Crippen LogP) is 3.58. The molecule has 0 amide bonds. The van der Waals surface area contributed by atoms with Gasteiger partial charge in [0.15, 0.2) is 0 Å². The lowest BCUT2D eigenvalue weighted by atomic mass is 10.2. The lowest BCUT2D eigenvalue weighted by Gasteiger charge is -2.09. The third kappa shape index (κ3) is 2.90. The molecule has 1 heterocycles. The van der Waals surface area contributed by atoms with E-state index in [1.807, 2.05) is 26.0 Å². The molecular formula is C13H14ClN3O. The second-order valence-corrected chi connectivity index (χ2v) is 4.36. The number of ether oxygens (including phenoxy) is 1. The van der Waals surface area contributed by atoms with Gasteiger partial charge < -0.3 is 10.1 Å². The van der Waals surface area contributed by atoms with Crippen molar-refractivity contribution >= 4 is 17.5 Å². The highest BCUT2D eigenvalue weighted by atomic mass is 35.5. The van der Waals surface area contributed by atoms with Gasteiger partial charge in [0.1, 0.15) is 5.75 Å². The number of hydrogen-bond acceptors (Lipinski definition) is 4. The van der Waals surface area contributed by atoms with Gasteiger partial charge in [0.25, 0.3) is 0 Å². The molecule has 2 aromatic rings. The second-order valence-electron chi connectivity index (χ2n) is 3.96. The van der Waals surface area contributed by atoms with Crippen LogP contribution in [0.5, 0.6) is 11.6 Å². The molecule has 0 bridgehead atoms. The van der Waals surface area contributed by atoms with E-state index in [-0.39, 0.29) is 0 Å². The fraction of sp³-hybridized carbons (Fsp3) is 0.231. The van der Waals surface area contributed by atoms with Crippen LogP contribution < -0.4 is 10.1 Å². The van der Waals surface area contributed by atoms with Crippen LogP contribution in [0.15, 0.2) is 24.3 Å². The average molecular weight is 264 g/mol. The Kier molecular flexibility index (Phi) is 3.67. The van der Waals surface area contributed by atoms with E-state index in [1.54, 1.807) is 19.2 Å². The zero-order valence-corrected chi connectivity index (χ0v) is 11.2. The van der Waals surface area contributed by atoms with Crippen LogP contribution in [-0.4, -0.2) is 17.0 Å². The average Bonchev–Trinajstić information content (AvgIpc) is 2.33. The Morgan fingerprint density at radius 3 is 2.67 bits per heavy atom. The van der Waals surface area contributed by atoms with E-state index in [0.29, 0.717) is 22.6 Å². The summed E-state index contributed by atoms with van der Waals surface area (Å²) in [6.45, 7) is 3.86. The number of hydrogen-bond donors (Lipinski definition) is 1. The predicted molar refractivity (Wildman–Crippen MR) is 72.6 cm³/mol. The van der Waals surface area contributed by atoms with Gasteiger partial charge in [0.05, 0.1) is 5.02 Å². The van der Waals surface area contributed by atoms with Crippen LogP contribution in [-0.2, 0) is 0 Å². The molecular weight excluding hydrogens is 250 g/mol. The van der Waals surface area contributed by atoms with E-state index in [2.05, 4.69) is 15.3 Å². The molecule has 0 aliphatic rings. The summed E-state index contributed by atoms with van der Waals surface area (Å²) in [6, 6.07) is 7.37. The summed E-state index contributed by atoms with van der Waals surface area (Å²) >= 11 is 6.08. The number of anilines is 1. The van der Waals surface area contributed by atoms with Gasteiger partial charge >= 0.3 is 0 Å². The summed E-state index contributed by atoms with van der Waals surface area (Å²) in [5.41, 5.74) is 1.90. The van der Waals surface area contributed by atoms with Crippen molar-refractivity contribution in [2.45, 2.75) is 13.8 Å². The van der Waals surface area contributed by atoms with Gasteiger partial charge in [0.2, 0.25) is 11.8 Å². The number of benzene rings is 1. The van der Waals surface area contributed by atoms with Gasteiger partial charge in [-0.25, -0.2) is 4.98 Å². The molecule has 0 aliphatic carbocycles. The maximum Gasteiger partial charge on any atom is 0.225 e. The Labute approximate surface area is 111 Å². The number of nitrogens with one attached hydrogen (secondary N) is 1. The van der Waals surface area contributed by atoms with Gasteiger partial charge in [-0.2, -0.15) is 4.98 Å². The summed E-state index contributed by atoms with van der Waals surface area (Å²) in [7, 11) is 1.76. The van der Waals surface area contributed by atoms with Crippen molar-refractivity contribution in [1.29, 1.82) is 0 Å². The molecule has 18 heavy (non-hydrogen) atoms. The van der Waals surface area contributed by atoms with Crippen molar-refractivity contribution in [3.63, 3.8) is 0 Å². The summed E-state index contributed by atoms with van der Waals surface area (Å²) in [5, 5.41) is 3.44. The molecule has 2 rings (SSSR count). The van der Waals surface area contributed by atoms with Gasteiger partial charge in [0, 0.05) is 18.8 Å². The molecule has 0 saturated carbocycles. The Morgan fingerprint density at radius 1 is 1.17 bits per heavy atom. The minimum Gasteiger partial charge on any atom is -0.437 e. The van der Waals surface area contributed by atoms with Gasteiger partial charge in [-0.1, -0.05) is 17.7 Å². The first-order valence-corrected chi connectivity index (χ1v) is 5.94. The molecule has 4 nitrogen and oxygen atoms in total. The highest BCUT2D eigenvalue weighted by Gasteiger charge is 2.06. The maximum absolute atomic E-state index is 6.08. The molecule has 0 spiro atoms. The van der Waals surface area contributed by atoms with Crippen LogP contribution in [0.3, 0.4) is 0 Å². The zero-order chi connectivity index (χ0) is 13.1. The lowest BCUT2D eigenvalue weighted by Crippen LogP contribution is -1.99. The van der Waals surface area contributed by atoms with Crippen molar-refractivity contribution in [3.8, 4) is 11.6 Å². The van der Waals surface area contributed by atoms with Gasteiger partial charge in [-0.3, -0.25) is 0 Å². The molecule has 0 atom stereocenters. The van der Waals surface area contributed by atoms with Crippen LogP contribution >= 0.6 is 11.6 Å². The third-order valence-electron chi connectivity index (χ3n) is 2.36. The molecule has 1 aromatic heterocycles. The molecule has 94 valence electrons. The minimum atomic E-state index is 0.472. The maximum atomic E-state index is 6.08. The Morgan fingerprint density at radius 2 is 1.94 bits per heavy atom. The summed E-state index contributed by atoms with van der Waals surface area (Å²) in [4.78, 5) is 8.41. The quantitative estimate of drug-likeness (QED) is 0.919. The third-order valence-corrected chi connectivity index (χ3v) is 2.67. The van der Waals surface area contributed by atoms with E-state index in [9.17, 15) is 0 Å². The molecule has 0 unspecified atom stereocenters. The number of aromatic nitrogens is 2. The standard InChI is InChI=1S/C13H14ClN3O/c1-8-4-5-10(14)11(6-8)18-12-7-9(2)16-13(15-3)17-12/h4-7H,1-3H3,(H,15,16,17). The minimum absolute atomic E-state index is 0.472. The normalized spacial score (nSPS) is 10.2. The monoisotopic (exact) mass is 263 g/mol. The van der Waals surface area contributed by atoms with Crippen molar-refractivity contribution in [2.24, 2.45) is 0 Å². The van der Waals surface area contributed by atoms with Crippen molar-refractivity contribution in [2.75, 3.05) is 12.4 Å². The molecule has 1 aromatic carbocycles. The number of aryl methyl sites for hydroxylation is 2. The first-order valence-electron chi connectivity index (χ1n) is 5.56. The van der Waals surface area contributed by atoms with Crippen LogP contribution in [0.4, 0.5) is 5.95 Å². The van der Waals surface area contributed by atoms with Crippen LogP contribution in [0.25, 0.3) is 0 Å². The fourth-order valence-electron chi connectivity index (χ4n) is 1.51. The van der Waals surface area contributed by atoms with E-state index >= 15 is 0 Å². The molecule has 0 fully saturated rings. The van der Waals surface area contributed by atoms with Crippen LogP contribution in [0.2, 0.25) is 5.02 Å². The fourth-order valence-corrected chi connectivity index (χ4v) is 1.66. The number of nitrogens with zero attached hydrogens (tertiary/aromatic N) is 2. The van der Waals surface area contributed by atoms with Gasteiger partial charge in [-0.15, -0.1) is 0 Å². The van der Waals surface area contributed by atoms with Crippen molar-refractivity contribution in [3.05, 3.63) is 40.5 Å². The summed E-state index contributed by atoms with van der Waals surface area (Å²) < 4.78 is 5.69. The highest BCUT2D eigenvalue weighted by Crippen LogP contribution is 2.29. The molecule has 0 radical (unpaired) electrons. The summed E-state index contributed by atoms with van der Waals surface area (Å²) in [5.74, 6) is 1.59. The van der Waals surface area contributed by atoms with Crippen LogP contribution in [0, 0.1) is 13.8 Å². The van der Waals surface area contributed by atoms with Crippen LogP contribution in [0.1, 0.15) is 11.3 Å². The SMILES string of the molecule is CNc1nc(C)cc(Oc2cc(C)ccc2Cl)n1. The molecule has 0 aliphatic heterocycles. The second kappa shape index (κ2) is 5.23. The Bertz CT molecular complexity index is 572. The Balaban J connectivity index is 2.33. The molecule has 5 heteroatoms. The lowest BCUT2D eigenvalue weighted by molar-refractivity contribution is 0.461. The smallest absolute Gasteiger partial charge is 0.225 e. The first-order chi connectivity index (χ1) is 8.58. The van der Waals surface area contributed by atoms with Gasteiger partial charge in [-0.05, 0) is 31.5 Å². The van der Waals surface area contributed by atoms with E-state index in [4.69, 9.17) is 16.3 Å². The van der Waals surface area contributed by atoms with E-state index < -0.39 is 0 Å². The highest BCUT2D eigenvalue weighted by molar-refractivity contribution is 6.32. The van der Waals surface area contributed by atoms with E-state index in [1.165, 1.54) is 0 Å². The zero-order valence-electron chi connectivity index (χ0n) is 10.5. The first kappa shape index (κ1) is 12.6. The van der Waals surface area contributed by atoms with E-state index in [0.717, 1.165) is 11.3 Å². The largest absolute Gasteiger partial charge is 0.437 e. The Hall–Kier alpha value is -1.81. The summed E-state index contributed by atoms with van der Waals surface area (Å²) in [6.07, 6.45) is 0. The number of halogens is 1. The van der Waals surface area contributed by atoms with Crippen molar-refractivity contribution < 1.29 is 4.74 Å².